The van der Waals surface area contributed by atoms with Crippen molar-refractivity contribution in [1.29, 1.82) is 0 Å². The maximum absolute atomic E-state index is 10.6. The van der Waals surface area contributed by atoms with Crippen molar-refractivity contribution < 1.29 is 4.92 Å². The maximum Gasteiger partial charge on any atom is 0.269 e. The molecule has 1 N–H and O–H groups in total. The average molecular weight is 308 g/mol. The summed E-state index contributed by atoms with van der Waals surface area (Å²) in [6, 6.07) is 16.6. The topological polar surface area (TPSA) is 73.0 Å². The summed E-state index contributed by atoms with van der Waals surface area (Å²) in [5.41, 5.74) is 3.23. The molecule has 0 saturated heterocycles. The van der Waals surface area contributed by atoms with Crippen molar-refractivity contribution in [2.24, 2.45) is 0 Å². The molecule has 23 heavy (non-hydrogen) atoms. The lowest BCUT2D eigenvalue weighted by molar-refractivity contribution is -0.384. The fourth-order valence-electron chi connectivity index (χ4n) is 2.29. The van der Waals surface area contributed by atoms with E-state index in [4.69, 9.17) is 0 Å². The Morgan fingerprint density at radius 1 is 1.09 bits per heavy atom. The molecule has 6 nitrogen and oxygen atoms in total. The second-order valence-electron chi connectivity index (χ2n) is 5.10. The second kappa shape index (κ2) is 6.74. The zero-order valence-electron chi connectivity index (χ0n) is 12.4. The largest absolute Gasteiger partial charge is 0.385 e. The SMILES string of the molecule is O=[N+]([O-])c1ccc(NCCc2ccc(-n3cccn3)cc2)cc1. The Bertz CT molecular complexity index is 765. The molecule has 0 aliphatic rings. The first-order valence-electron chi connectivity index (χ1n) is 7.30. The summed E-state index contributed by atoms with van der Waals surface area (Å²) >= 11 is 0. The highest BCUT2D eigenvalue weighted by atomic mass is 16.6. The van der Waals surface area contributed by atoms with Crippen LogP contribution in [0.1, 0.15) is 5.56 Å². The van der Waals surface area contributed by atoms with Crippen molar-refractivity contribution in [3.63, 3.8) is 0 Å². The minimum Gasteiger partial charge on any atom is -0.385 e. The summed E-state index contributed by atoms with van der Waals surface area (Å²) in [4.78, 5) is 10.2. The van der Waals surface area contributed by atoms with Gasteiger partial charge in [-0.05, 0) is 42.3 Å². The monoisotopic (exact) mass is 308 g/mol. The predicted molar refractivity (Wildman–Crippen MR) is 88.9 cm³/mol. The molecule has 0 saturated carbocycles. The van der Waals surface area contributed by atoms with Crippen LogP contribution in [0.15, 0.2) is 67.0 Å². The molecule has 116 valence electrons. The smallest absolute Gasteiger partial charge is 0.269 e. The zero-order chi connectivity index (χ0) is 16.1. The van der Waals surface area contributed by atoms with Crippen molar-refractivity contribution in [3.8, 4) is 5.69 Å². The van der Waals surface area contributed by atoms with Crippen LogP contribution < -0.4 is 5.32 Å². The van der Waals surface area contributed by atoms with Gasteiger partial charge in [-0.25, -0.2) is 4.68 Å². The number of non-ortho nitro benzene ring substituents is 1. The third kappa shape index (κ3) is 3.74. The normalized spacial score (nSPS) is 10.4. The molecule has 0 radical (unpaired) electrons. The highest BCUT2D eigenvalue weighted by molar-refractivity contribution is 5.48. The standard InChI is InChI=1S/C17H16N4O2/c22-21(23)17-8-4-15(5-9-17)18-12-10-14-2-6-16(7-3-14)20-13-1-11-19-20/h1-9,11,13,18H,10,12H2. The number of nitro benzene ring substituents is 1. The minimum absolute atomic E-state index is 0.102. The van der Waals surface area contributed by atoms with Gasteiger partial charge < -0.3 is 5.32 Å². The van der Waals surface area contributed by atoms with Crippen LogP contribution in [0.5, 0.6) is 0 Å². The highest BCUT2D eigenvalue weighted by Gasteiger charge is 2.03. The Hall–Kier alpha value is -3.15. The first-order valence-corrected chi connectivity index (χ1v) is 7.30. The van der Waals surface area contributed by atoms with E-state index in [0.717, 1.165) is 24.3 Å². The summed E-state index contributed by atoms with van der Waals surface area (Å²) < 4.78 is 1.82. The Kier molecular flexibility index (Phi) is 4.33. The first-order chi connectivity index (χ1) is 11.2. The number of rotatable bonds is 6. The number of hydrogen-bond donors (Lipinski definition) is 1. The van der Waals surface area contributed by atoms with Crippen molar-refractivity contribution in [2.75, 3.05) is 11.9 Å². The molecule has 2 aromatic carbocycles. The van der Waals surface area contributed by atoms with Crippen molar-refractivity contribution >= 4 is 11.4 Å². The molecule has 0 amide bonds. The van der Waals surface area contributed by atoms with Crippen LogP contribution in [-0.2, 0) is 6.42 Å². The Labute approximate surface area is 133 Å². The molecule has 0 unspecified atom stereocenters. The number of aromatic nitrogens is 2. The molecule has 3 aromatic rings. The van der Waals surface area contributed by atoms with Crippen LogP contribution in [0, 0.1) is 10.1 Å². The number of nitrogens with one attached hydrogen (secondary N) is 1. The second-order valence-corrected chi connectivity index (χ2v) is 5.10. The van der Waals surface area contributed by atoms with Crippen LogP contribution in [0.2, 0.25) is 0 Å². The van der Waals surface area contributed by atoms with E-state index in [1.807, 2.05) is 29.1 Å². The van der Waals surface area contributed by atoms with Crippen LogP contribution in [-0.4, -0.2) is 21.2 Å². The van der Waals surface area contributed by atoms with E-state index in [9.17, 15) is 10.1 Å². The molecular formula is C17H16N4O2. The van der Waals surface area contributed by atoms with Crippen LogP contribution in [0.3, 0.4) is 0 Å². The van der Waals surface area contributed by atoms with E-state index >= 15 is 0 Å². The lowest BCUT2D eigenvalue weighted by Gasteiger charge is -2.07. The van der Waals surface area contributed by atoms with Gasteiger partial charge in [-0.3, -0.25) is 10.1 Å². The predicted octanol–water partition coefficient (Wildman–Crippen LogP) is 3.44. The van der Waals surface area contributed by atoms with Crippen LogP contribution >= 0.6 is 0 Å². The number of hydrogen-bond acceptors (Lipinski definition) is 4. The highest BCUT2D eigenvalue weighted by Crippen LogP contribution is 2.15. The Morgan fingerprint density at radius 3 is 2.43 bits per heavy atom. The molecule has 0 atom stereocenters. The van der Waals surface area contributed by atoms with Gasteiger partial charge in [0.15, 0.2) is 0 Å². The van der Waals surface area contributed by atoms with Gasteiger partial charge in [0.25, 0.3) is 5.69 Å². The van der Waals surface area contributed by atoms with Gasteiger partial charge in [0, 0.05) is 36.8 Å². The van der Waals surface area contributed by atoms with E-state index in [1.165, 1.54) is 17.7 Å². The summed E-state index contributed by atoms with van der Waals surface area (Å²) in [5.74, 6) is 0. The summed E-state index contributed by atoms with van der Waals surface area (Å²) in [6.45, 7) is 0.763. The molecule has 0 aliphatic carbocycles. The molecule has 0 fully saturated rings. The number of nitrogens with zero attached hydrogens (tertiary/aromatic N) is 3. The van der Waals surface area contributed by atoms with Crippen LogP contribution in [0.4, 0.5) is 11.4 Å². The van der Waals surface area contributed by atoms with Gasteiger partial charge in [0.05, 0.1) is 10.6 Å². The number of benzene rings is 2. The van der Waals surface area contributed by atoms with Gasteiger partial charge in [-0.2, -0.15) is 5.10 Å². The van der Waals surface area contributed by atoms with Gasteiger partial charge in [0.1, 0.15) is 0 Å². The molecule has 0 bridgehead atoms. The average Bonchev–Trinajstić information content (AvgIpc) is 3.10. The molecule has 1 aromatic heterocycles. The van der Waals surface area contributed by atoms with E-state index in [1.54, 1.807) is 18.3 Å². The summed E-state index contributed by atoms with van der Waals surface area (Å²) in [5, 5.41) is 18.1. The third-order valence-electron chi connectivity index (χ3n) is 3.53. The molecule has 6 heteroatoms. The van der Waals surface area contributed by atoms with E-state index in [0.29, 0.717) is 0 Å². The molecular weight excluding hydrogens is 292 g/mol. The van der Waals surface area contributed by atoms with Gasteiger partial charge in [-0.15, -0.1) is 0 Å². The van der Waals surface area contributed by atoms with Crippen molar-refractivity contribution in [3.05, 3.63) is 82.7 Å². The van der Waals surface area contributed by atoms with Gasteiger partial charge >= 0.3 is 0 Å². The molecule has 1 heterocycles. The fraction of sp³-hybridized carbons (Fsp3) is 0.118. The summed E-state index contributed by atoms with van der Waals surface area (Å²) in [7, 11) is 0. The van der Waals surface area contributed by atoms with Crippen LogP contribution in [0.25, 0.3) is 5.69 Å². The zero-order valence-corrected chi connectivity index (χ0v) is 12.4. The summed E-state index contributed by atoms with van der Waals surface area (Å²) in [6.07, 6.45) is 4.53. The minimum atomic E-state index is -0.398. The van der Waals surface area contributed by atoms with Gasteiger partial charge in [0.2, 0.25) is 0 Å². The fourth-order valence-corrected chi connectivity index (χ4v) is 2.29. The van der Waals surface area contributed by atoms with E-state index in [-0.39, 0.29) is 5.69 Å². The Morgan fingerprint density at radius 2 is 1.83 bits per heavy atom. The lowest BCUT2D eigenvalue weighted by atomic mass is 10.1. The van der Waals surface area contributed by atoms with E-state index in [2.05, 4.69) is 22.5 Å². The van der Waals surface area contributed by atoms with Crippen molar-refractivity contribution in [2.45, 2.75) is 6.42 Å². The van der Waals surface area contributed by atoms with Gasteiger partial charge in [-0.1, -0.05) is 12.1 Å². The quantitative estimate of drug-likeness (QED) is 0.559. The van der Waals surface area contributed by atoms with Crippen molar-refractivity contribution in [1.82, 2.24) is 9.78 Å². The first kappa shape index (κ1) is 14.8. The number of anilines is 1. The maximum atomic E-state index is 10.6. The molecule has 3 rings (SSSR count). The molecule has 0 aliphatic heterocycles. The lowest BCUT2D eigenvalue weighted by Crippen LogP contribution is -2.05. The molecule has 0 spiro atoms. The number of nitro groups is 1. The Balaban J connectivity index is 1.53. The van der Waals surface area contributed by atoms with E-state index < -0.39 is 4.92 Å². The third-order valence-corrected chi connectivity index (χ3v) is 3.53.